The molecule has 2 aromatic heterocycles. The van der Waals surface area contributed by atoms with E-state index in [1.165, 1.54) is 6.92 Å². The van der Waals surface area contributed by atoms with Crippen molar-refractivity contribution in [3.63, 3.8) is 0 Å². The van der Waals surface area contributed by atoms with Crippen LogP contribution in [0.4, 0.5) is 5.95 Å². The van der Waals surface area contributed by atoms with Crippen LogP contribution < -0.4 is 10.1 Å². The molecular formula is C24H24N4O3. The van der Waals surface area contributed by atoms with Gasteiger partial charge in [-0.25, -0.2) is 4.98 Å². The zero-order valence-electron chi connectivity index (χ0n) is 17.5. The number of imidazole rings is 1. The normalized spacial score (nSPS) is 10.9. The van der Waals surface area contributed by atoms with Crippen LogP contribution in [-0.4, -0.2) is 25.5 Å². The summed E-state index contributed by atoms with van der Waals surface area (Å²) in [7, 11) is 0. The van der Waals surface area contributed by atoms with Gasteiger partial charge in [0, 0.05) is 12.6 Å². The van der Waals surface area contributed by atoms with Gasteiger partial charge in [-0.2, -0.15) is 0 Å². The minimum atomic E-state index is -0.211. The fourth-order valence-electron chi connectivity index (χ4n) is 3.41. The number of carbonyl (C=O) groups is 1. The van der Waals surface area contributed by atoms with Gasteiger partial charge in [-0.15, -0.1) is 0 Å². The van der Waals surface area contributed by atoms with Crippen LogP contribution in [0.2, 0.25) is 0 Å². The average molecular weight is 416 g/mol. The second kappa shape index (κ2) is 8.97. The van der Waals surface area contributed by atoms with Crippen molar-refractivity contribution < 1.29 is 14.6 Å². The molecule has 0 saturated heterocycles. The fourth-order valence-corrected chi connectivity index (χ4v) is 3.41. The highest BCUT2D eigenvalue weighted by Crippen LogP contribution is 2.26. The molecule has 2 aromatic carbocycles. The quantitative estimate of drug-likeness (QED) is 0.478. The molecule has 0 bridgehead atoms. The largest absolute Gasteiger partial charge is 0.487 e. The summed E-state index contributed by atoms with van der Waals surface area (Å²) in [5.74, 6) is 0.884. The summed E-state index contributed by atoms with van der Waals surface area (Å²) in [4.78, 5) is 21.0. The van der Waals surface area contributed by atoms with Crippen molar-refractivity contribution >= 4 is 22.9 Å². The molecule has 0 radical (unpaired) electrons. The number of aliphatic hydroxyl groups excluding tert-OH is 1. The highest BCUT2D eigenvalue weighted by molar-refractivity contribution is 5.90. The monoisotopic (exact) mass is 416 g/mol. The van der Waals surface area contributed by atoms with E-state index in [-0.39, 0.29) is 12.5 Å². The molecule has 4 aromatic rings. The second-order valence-electron chi connectivity index (χ2n) is 7.36. The molecule has 7 heteroatoms. The Balaban J connectivity index is 1.72. The number of aromatic nitrogens is 3. The molecule has 0 aliphatic rings. The molecule has 158 valence electrons. The first kappa shape index (κ1) is 20.6. The Labute approximate surface area is 180 Å². The molecule has 1 amide bonds. The van der Waals surface area contributed by atoms with Gasteiger partial charge in [-0.1, -0.05) is 36.4 Å². The topological polar surface area (TPSA) is 89.3 Å². The number of nitrogens with one attached hydrogen (secondary N) is 1. The Morgan fingerprint density at radius 3 is 2.61 bits per heavy atom. The number of anilines is 1. The van der Waals surface area contributed by atoms with Crippen LogP contribution in [0.15, 0.2) is 60.7 Å². The van der Waals surface area contributed by atoms with E-state index in [0.29, 0.717) is 24.8 Å². The van der Waals surface area contributed by atoms with Gasteiger partial charge in [0.2, 0.25) is 11.9 Å². The van der Waals surface area contributed by atoms with Crippen molar-refractivity contribution in [3.8, 4) is 5.75 Å². The first-order valence-corrected chi connectivity index (χ1v) is 10.0. The minimum absolute atomic E-state index is 0.0786. The highest BCUT2D eigenvalue weighted by Gasteiger charge is 2.16. The summed E-state index contributed by atoms with van der Waals surface area (Å²) in [6, 6.07) is 19.3. The highest BCUT2D eigenvalue weighted by atomic mass is 16.5. The van der Waals surface area contributed by atoms with Gasteiger partial charge in [-0.05, 0) is 42.3 Å². The van der Waals surface area contributed by atoms with E-state index < -0.39 is 0 Å². The van der Waals surface area contributed by atoms with Crippen molar-refractivity contribution in [1.82, 2.24) is 14.5 Å². The summed E-state index contributed by atoms with van der Waals surface area (Å²) in [6.45, 7) is 4.07. The number of rotatable bonds is 7. The lowest BCUT2D eigenvalue weighted by Crippen LogP contribution is -2.14. The zero-order chi connectivity index (χ0) is 21.8. The number of aryl methyl sites for hydroxylation is 1. The number of benzene rings is 2. The van der Waals surface area contributed by atoms with Crippen LogP contribution in [0.25, 0.3) is 11.0 Å². The Morgan fingerprint density at radius 1 is 1.06 bits per heavy atom. The Bertz CT molecular complexity index is 1220. The molecule has 2 heterocycles. The number of hydrogen-bond acceptors (Lipinski definition) is 5. The average Bonchev–Trinajstić information content (AvgIpc) is 3.09. The van der Waals surface area contributed by atoms with Crippen molar-refractivity contribution in [2.45, 2.75) is 33.6 Å². The van der Waals surface area contributed by atoms with E-state index in [9.17, 15) is 9.90 Å². The van der Waals surface area contributed by atoms with E-state index in [0.717, 1.165) is 33.5 Å². The number of hydrogen-bond donors (Lipinski definition) is 2. The SMILES string of the molecule is CC(=O)Nc1nc2ccc(CO)cc2n1Cc1nc(C)ccc1OCc1ccccc1. The van der Waals surface area contributed by atoms with E-state index in [2.05, 4.69) is 10.3 Å². The second-order valence-corrected chi connectivity index (χ2v) is 7.36. The zero-order valence-corrected chi connectivity index (χ0v) is 17.5. The number of nitrogens with zero attached hydrogens (tertiary/aromatic N) is 3. The van der Waals surface area contributed by atoms with Gasteiger partial charge >= 0.3 is 0 Å². The minimum Gasteiger partial charge on any atom is -0.487 e. The van der Waals surface area contributed by atoms with Crippen LogP contribution >= 0.6 is 0 Å². The third kappa shape index (κ3) is 4.73. The summed E-state index contributed by atoms with van der Waals surface area (Å²) in [6.07, 6.45) is 0. The first-order chi connectivity index (χ1) is 15.0. The molecule has 0 saturated carbocycles. The summed E-state index contributed by atoms with van der Waals surface area (Å²) in [5, 5.41) is 12.4. The molecule has 0 fully saturated rings. The third-order valence-electron chi connectivity index (χ3n) is 4.90. The molecule has 0 atom stereocenters. The number of aliphatic hydroxyl groups is 1. The maximum atomic E-state index is 11.8. The third-order valence-corrected chi connectivity index (χ3v) is 4.90. The van der Waals surface area contributed by atoms with Crippen LogP contribution in [0, 0.1) is 6.92 Å². The molecular weight excluding hydrogens is 392 g/mol. The van der Waals surface area contributed by atoms with Crippen molar-refractivity contribution in [2.75, 3.05) is 5.32 Å². The maximum absolute atomic E-state index is 11.8. The Hall–Kier alpha value is -3.71. The van der Waals surface area contributed by atoms with Gasteiger partial charge in [0.25, 0.3) is 0 Å². The van der Waals surface area contributed by atoms with Gasteiger partial charge in [0.05, 0.1) is 24.2 Å². The molecule has 0 aliphatic carbocycles. The predicted octanol–water partition coefficient (Wildman–Crippen LogP) is 3.82. The van der Waals surface area contributed by atoms with Gasteiger partial charge in [0.15, 0.2) is 0 Å². The first-order valence-electron chi connectivity index (χ1n) is 10.0. The molecule has 4 rings (SSSR count). The number of amides is 1. The summed E-state index contributed by atoms with van der Waals surface area (Å²) in [5.41, 5.74) is 4.95. The number of fused-ring (bicyclic) bond motifs is 1. The van der Waals surface area contributed by atoms with E-state index in [1.807, 2.05) is 72.2 Å². The van der Waals surface area contributed by atoms with Crippen LogP contribution in [-0.2, 0) is 24.6 Å². The summed E-state index contributed by atoms with van der Waals surface area (Å²) >= 11 is 0. The number of pyridine rings is 1. The van der Waals surface area contributed by atoms with Crippen LogP contribution in [0.1, 0.15) is 29.4 Å². The number of ether oxygens (including phenoxy) is 1. The maximum Gasteiger partial charge on any atom is 0.223 e. The standard InChI is InChI=1S/C24H24N4O3/c1-16-8-11-23(31-15-18-6-4-3-5-7-18)21(25-16)13-28-22-12-19(14-29)9-10-20(22)27-24(28)26-17(2)30/h3-12,29H,13-15H2,1-2H3,(H,26,27,30). The smallest absolute Gasteiger partial charge is 0.223 e. The van der Waals surface area contributed by atoms with E-state index in [4.69, 9.17) is 9.72 Å². The Morgan fingerprint density at radius 2 is 1.87 bits per heavy atom. The molecule has 0 spiro atoms. The van der Waals surface area contributed by atoms with E-state index in [1.54, 1.807) is 0 Å². The van der Waals surface area contributed by atoms with Crippen LogP contribution in [0.3, 0.4) is 0 Å². The molecule has 31 heavy (non-hydrogen) atoms. The molecule has 0 aliphatic heterocycles. The Kier molecular flexibility index (Phi) is 5.95. The van der Waals surface area contributed by atoms with Gasteiger partial charge < -0.3 is 14.4 Å². The fraction of sp³-hybridized carbons (Fsp3) is 0.208. The summed E-state index contributed by atoms with van der Waals surface area (Å²) < 4.78 is 7.96. The van der Waals surface area contributed by atoms with Crippen molar-refractivity contribution in [2.24, 2.45) is 0 Å². The molecule has 2 N–H and O–H groups in total. The lowest BCUT2D eigenvalue weighted by atomic mass is 10.2. The number of carbonyl (C=O) groups excluding carboxylic acids is 1. The molecule has 7 nitrogen and oxygen atoms in total. The van der Waals surface area contributed by atoms with Gasteiger partial charge in [-0.3, -0.25) is 15.1 Å². The van der Waals surface area contributed by atoms with Crippen molar-refractivity contribution in [1.29, 1.82) is 0 Å². The molecule has 0 unspecified atom stereocenters. The van der Waals surface area contributed by atoms with Gasteiger partial charge in [0.1, 0.15) is 18.1 Å². The van der Waals surface area contributed by atoms with Crippen LogP contribution in [0.5, 0.6) is 5.75 Å². The lowest BCUT2D eigenvalue weighted by Gasteiger charge is -2.14. The van der Waals surface area contributed by atoms with E-state index >= 15 is 0 Å². The lowest BCUT2D eigenvalue weighted by molar-refractivity contribution is -0.114. The van der Waals surface area contributed by atoms with Crippen molar-refractivity contribution in [3.05, 3.63) is 83.2 Å². The predicted molar refractivity (Wildman–Crippen MR) is 119 cm³/mol.